The van der Waals surface area contributed by atoms with Crippen molar-refractivity contribution in [3.05, 3.63) is 11.6 Å². The Balaban J connectivity index is 1.90. The summed E-state index contributed by atoms with van der Waals surface area (Å²) in [6.45, 7) is 6.96. The number of hydrogen-bond acceptors (Lipinski definition) is 2. The van der Waals surface area contributed by atoms with Gasteiger partial charge in [0.2, 0.25) is 0 Å². The Morgan fingerprint density at radius 2 is 2.18 bits per heavy atom. The molecule has 1 N–H and O–H groups in total. The number of hydrogen-bond donors (Lipinski definition) is 1. The third-order valence-corrected chi connectivity index (χ3v) is 4.27. The fraction of sp³-hybridized carbons (Fsp3) is 0.867. The fourth-order valence-electron chi connectivity index (χ4n) is 3.09. The lowest BCUT2D eigenvalue weighted by Crippen LogP contribution is -2.29. The summed E-state index contributed by atoms with van der Waals surface area (Å²) in [5.74, 6) is 0.637. The molecule has 0 bridgehead atoms. The molecule has 0 aromatic rings. The van der Waals surface area contributed by atoms with Gasteiger partial charge in [-0.15, -0.1) is 0 Å². The Labute approximate surface area is 105 Å². The van der Waals surface area contributed by atoms with Gasteiger partial charge in [-0.3, -0.25) is 0 Å². The number of rotatable bonds is 4. The molecule has 2 atom stereocenters. The van der Waals surface area contributed by atoms with E-state index in [0.29, 0.717) is 5.92 Å². The van der Waals surface area contributed by atoms with E-state index in [4.69, 9.17) is 4.74 Å². The van der Waals surface area contributed by atoms with Gasteiger partial charge in [0, 0.05) is 5.92 Å². The molecule has 2 fully saturated rings. The van der Waals surface area contributed by atoms with Gasteiger partial charge < -0.3 is 9.84 Å². The molecule has 17 heavy (non-hydrogen) atoms. The van der Waals surface area contributed by atoms with Gasteiger partial charge in [-0.2, -0.15) is 0 Å². The Kier molecular flexibility index (Phi) is 3.65. The first-order valence-corrected chi connectivity index (χ1v) is 6.96. The van der Waals surface area contributed by atoms with Crippen LogP contribution in [0.1, 0.15) is 59.3 Å². The summed E-state index contributed by atoms with van der Waals surface area (Å²) in [6.07, 6.45) is 9.32. The molecule has 1 saturated heterocycles. The van der Waals surface area contributed by atoms with Crippen molar-refractivity contribution in [1.29, 1.82) is 0 Å². The Bertz CT molecular complexity index is 295. The molecular formula is C15H26O2. The highest BCUT2D eigenvalue weighted by Crippen LogP contribution is 2.49. The summed E-state index contributed by atoms with van der Waals surface area (Å²) < 4.78 is 5.73. The van der Waals surface area contributed by atoms with Gasteiger partial charge in [-0.1, -0.05) is 24.5 Å². The highest BCUT2D eigenvalue weighted by Gasteiger charge is 2.52. The summed E-state index contributed by atoms with van der Waals surface area (Å²) in [5, 5.41) is 9.70. The van der Waals surface area contributed by atoms with E-state index in [-0.39, 0.29) is 5.60 Å². The zero-order valence-corrected chi connectivity index (χ0v) is 11.5. The van der Waals surface area contributed by atoms with E-state index in [1.54, 1.807) is 0 Å². The highest BCUT2D eigenvalue weighted by molar-refractivity contribution is 5.16. The molecule has 0 aromatic heterocycles. The quantitative estimate of drug-likeness (QED) is 0.601. The van der Waals surface area contributed by atoms with E-state index in [0.717, 1.165) is 19.4 Å². The van der Waals surface area contributed by atoms with Crippen molar-refractivity contribution in [3.63, 3.8) is 0 Å². The number of allylic oxidation sites excluding steroid dienone is 1. The zero-order valence-electron chi connectivity index (χ0n) is 11.5. The van der Waals surface area contributed by atoms with Crippen LogP contribution in [0.3, 0.4) is 0 Å². The van der Waals surface area contributed by atoms with Crippen molar-refractivity contribution in [2.75, 3.05) is 6.61 Å². The summed E-state index contributed by atoms with van der Waals surface area (Å²) in [5.41, 5.74) is 1.15. The van der Waals surface area contributed by atoms with Gasteiger partial charge >= 0.3 is 0 Å². The van der Waals surface area contributed by atoms with Crippen LogP contribution in [-0.2, 0) is 4.74 Å². The molecule has 0 aromatic carbocycles. The van der Waals surface area contributed by atoms with E-state index < -0.39 is 5.60 Å². The second kappa shape index (κ2) is 4.74. The van der Waals surface area contributed by atoms with Crippen LogP contribution < -0.4 is 0 Å². The van der Waals surface area contributed by atoms with Gasteiger partial charge in [0.15, 0.2) is 0 Å². The molecule has 2 rings (SSSR count). The van der Waals surface area contributed by atoms with Crippen LogP contribution in [0.4, 0.5) is 0 Å². The second-order valence-electron chi connectivity index (χ2n) is 6.45. The van der Waals surface area contributed by atoms with Gasteiger partial charge in [-0.05, 0) is 46.5 Å². The average Bonchev–Trinajstić information content (AvgIpc) is 2.97. The van der Waals surface area contributed by atoms with Crippen LogP contribution in [-0.4, -0.2) is 22.9 Å². The van der Waals surface area contributed by atoms with Gasteiger partial charge in [0.05, 0.1) is 17.8 Å². The molecule has 2 nitrogen and oxygen atoms in total. The maximum atomic E-state index is 9.70. The average molecular weight is 238 g/mol. The minimum Gasteiger partial charge on any atom is -0.390 e. The largest absolute Gasteiger partial charge is 0.390 e. The molecule has 0 amide bonds. The molecule has 2 heteroatoms. The minimum atomic E-state index is -0.545. The predicted molar refractivity (Wildman–Crippen MR) is 69.9 cm³/mol. The monoisotopic (exact) mass is 238 g/mol. The van der Waals surface area contributed by atoms with E-state index >= 15 is 0 Å². The molecule has 98 valence electrons. The summed E-state index contributed by atoms with van der Waals surface area (Å²) in [4.78, 5) is 0. The normalized spacial score (nSPS) is 34.1. The molecule has 1 heterocycles. The maximum Gasteiger partial charge on any atom is 0.0981 e. The van der Waals surface area contributed by atoms with E-state index in [1.807, 2.05) is 13.8 Å². The Morgan fingerprint density at radius 3 is 2.76 bits per heavy atom. The van der Waals surface area contributed by atoms with Crippen molar-refractivity contribution in [1.82, 2.24) is 0 Å². The lowest BCUT2D eigenvalue weighted by molar-refractivity contribution is 0.0720. The van der Waals surface area contributed by atoms with Crippen LogP contribution in [0.5, 0.6) is 0 Å². The Morgan fingerprint density at radius 1 is 1.47 bits per heavy atom. The molecule has 1 unspecified atom stereocenters. The van der Waals surface area contributed by atoms with Crippen molar-refractivity contribution in [2.24, 2.45) is 5.92 Å². The third kappa shape index (κ3) is 3.32. The molecule has 1 saturated carbocycles. The van der Waals surface area contributed by atoms with Gasteiger partial charge in [-0.25, -0.2) is 0 Å². The molecule has 1 spiro atoms. The first kappa shape index (κ1) is 13.1. The topological polar surface area (TPSA) is 32.8 Å². The van der Waals surface area contributed by atoms with Crippen LogP contribution in [0, 0.1) is 5.92 Å². The van der Waals surface area contributed by atoms with Crippen molar-refractivity contribution in [2.45, 2.75) is 70.5 Å². The van der Waals surface area contributed by atoms with Crippen LogP contribution >= 0.6 is 0 Å². The number of epoxide rings is 1. The number of aliphatic hydroxyl groups is 1. The van der Waals surface area contributed by atoms with Crippen LogP contribution in [0.15, 0.2) is 11.6 Å². The van der Waals surface area contributed by atoms with Crippen molar-refractivity contribution in [3.8, 4) is 0 Å². The lowest BCUT2D eigenvalue weighted by atomic mass is 9.75. The van der Waals surface area contributed by atoms with E-state index in [2.05, 4.69) is 13.0 Å². The second-order valence-corrected chi connectivity index (χ2v) is 6.45. The zero-order chi connectivity index (χ0) is 12.5. The first-order chi connectivity index (χ1) is 7.93. The number of ether oxygens (including phenoxy) is 1. The van der Waals surface area contributed by atoms with E-state index in [9.17, 15) is 5.11 Å². The van der Waals surface area contributed by atoms with Crippen LogP contribution in [0.2, 0.25) is 0 Å². The summed E-state index contributed by atoms with van der Waals surface area (Å²) >= 11 is 0. The summed E-state index contributed by atoms with van der Waals surface area (Å²) in [7, 11) is 0. The van der Waals surface area contributed by atoms with Crippen LogP contribution in [0.25, 0.3) is 0 Å². The summed E-state index contributed by atoms with van der Waals surface area (Å²) in [6, 6.07) is 0. The first-order valence-electron chi connectivity index (χ1n) is 6.96. The molecule has 1 aliphatic carbocycles. The smallest absolute Gasteiger partial charge is 0.0981 e. The van der Waals surface area contributed by atoms with Crippen molar-refractivity contribution < 1.29 is 9.84 Å². The fourth-order valence-corrected chi connectivity index (χ4v) is 3.09. The van der Waals surface area contributed by atoms with E-state index in [1.165, 1.54) is 31.3 Å². The highest BCUT2D eigenvalue weighted by atomic mass is 16.6. The third-order valence-electron chi connectivity index (χ3n) is 4.27. The molecule has 1 aliphatic heterocycles. The van der Waals surface area contributed by atoms with Gasteiger partial charge in [0.1, 0.15) is 0 Å². The maximum absolute atomic E-state index is 9.70. The molecule has 2 aliphatic rings. The molecular weight excluding hydrogens is 212 g/mol. The minimum absolute atomic E-state index is 0.216. The van der Waals surface area contributed by atoms with Crippen molar-refractivity contribution >= 4 is 0 Å². The molecule has 0 radical (unpaired) electrons. The van der Waals surface area contributed by atoms with Gasteiger partial charge in [0.25, 0.3) is 0 Å². The predicted octanol–water partition coefficient (Wildman–Crippen LogP) is 3.44. The SMILES string of the molecule is C/C(=C\CCC(C)(C)O)C1CCCC[C@]12CO2. The standard InChI is InChI=1S/C15H26O2/c1-12(7-6-9-14(2,3)16)13-8-4-5-10-15(13)11-17-15/h7,13,16H,4-6,8-11H2,1-3H3/b12-7+/t13?,15-/m0/s1. The Hall–Kier alpha value is -0.340. The lowest BCUT2D eigenvalue weighted by Gasteiger charge is -2.30.